The first-order valence-electron chi connectivity index (χ1n) is 9.03. The zero-order valence-electron chi connectivity index (χ0n) is 14.3. The monoisotopic (exact) mass is 342 g/mol. The highest BCUT2D eigenvalue weighted by molar-refractivity contribution is 5.35. The Bertz CT molecular complexity index is 813. The average molecular weight is 342 g/mol. The number of hydrogen-bond acceptors (Lipinski definition) is 4. The van der Waals surface area contributed by atoms with Crippen molar-refractivity contribution in [3.05, 3.63) is 57.3 Å². The number of aromatic amines is 1. The SMILES string of the molecule is O=c1[nH]c(N2CCCC2)nc2c1CCN(Cc1cccc(F)c1)CC2. The van der Waals surface area contributed by atoms with E-state index in [1.54, 1.807) is 12.1 Å². The van der Waals surface area contributed by atoms with E-state index in [9.17, 15) is 9.18 Å². The van der Waals surface area contributed by atoms with Gasteiger partial charge in [-0.15, -0.1) is 0 Å². The summed E-state index contributed by atoms with van der Waals surface area (Å²) in [5.41, 5.74) is 2.70. The maximum absolute atomic E-state index is 13.4. The number of aromatic nitrogens is 2. The second-order valence-electron chi connectivity index (χ2n) is 6.92. The van der Waals surface area contributed by atoms with Crippen LogP contribution >= 0.6 is 0 Å². The summed E-state index contributed by atoms with van der Waals surface area (Å²) in [6, 6.07) is 6.73. The summed E-state index contributed by atoms with van der Waals surface area (Å²) >= 11 is 0. The molecule has 0 atom stereocenters. The molecule has 0 aliphatic carbocycles. The molecular formula is C19H23FN4O. The third-order valence-corrected chi connectivity index (χ3v) is 5.13. The molecule has 6 heteroatoms. The van der Waals surface area contributed by atoms with Gasteiger partial charge >= 0.3 is 0 Å². The van der Waals surface area contributed by atoms with Gasteiger partial charge in [-0.05, 0) is 37.0 Å². The summed E-state index contributed by atoms with van der Waals surface area (Å²) in [7, 11) is 0. The molecule has 3 heterocycles. The zero-order chi connectivity index (χ0) is 17.2. The summed E-state index contributed by atoms with van der Waals surface area (Å²) in [6.45, 7) is 4.25. The number of halogens is 1. The van der Waals surface area contributed by atoms with Gasteiger partial charge in [0, 0.05) is 44.7 Å². The van der Waals surface area contributed by atoms with Crippen molar-refractivity contribution >= 4 is 5.95 Å². The Labute approximate surface area is 146 Å². The maximum Gasteiger partial charge on any atom is 0.255 e. The average Bonchev–Trinajstić information content (AvgIpc) is 3.05. The van der Waals surface area contributed by atoms with Crippen LogP contribution in [-0.2, 0) is 19.4 Å². The second kappa shape index (κ2) is 6.96. The van der Waals surface area contributed by atoms with Crippen LogP contribution < -0.4 is 10.5 Å². The standard InChI is InChI=1S/C19H23FN4O/c20-15-5-3-4-14(12-15)13-23-10-6-16-17(7-11-23)21-19(22-18(16)25)24-8-1-2-9-24/h3-5,12H,1-2,6-11,13H2,(H,21,22,25). The van der Waals surface area contributed by atoms with Gasteiger partial charge in [-0.2, -0.15) is 0 Å². The Morgan fingerprint density at radius 1 is 1.12 bits per heavy atom. The molecule has 132 valence electrons. The lowest BCUT2D eigenvalue weighted by Crippen LogP contribution is -2.27. The second-order valence-corrected chi connectivity index (χ2v) is 6.92. The number of anilines is 1. The van der Waals surface area contributed by atoms with Crippen LogP contribution in [0.3, 0.4) is 0 Å². The maximum atomic E-state index is 13.4. The van der Waals surface area contributed by atoms with Crippen LogP contribution in [0.5, 0.6) is 0 Å². The van der Waals surface area contributed by atoms with E-state index >= 15 is 0 Å². The lowest BCUT2D eigenvalue weighted by atomic mass is 10.1. The fourth-order valence-electron chi connectivity index (χ4n) is 3.77. The highest BCUT2D eigenvalue weighted by Gasteiger charge is 2.21. The Hall–Kier alpha value is -2.21. The third kappa shape index (κ3) is 3.58. The summed E-state index contributed by atoms with van der Waals surface area (Å²) < 4.78 is 13.4. The van der Waals surface area contributed by atoms with Crippen LogP contribution in [0.1, 0.15) is 29.7 Å². The van der Waals surface area contributed by atoms with Crippen molar-refractivity contribution < 1.29 is 4.39 Å². The topological polar surface area (TPSA) is 52.2 Å². The molecule has 0 unspecified atom stereocenters. The molecule has 4 rings (SSSR count). The number of hydrogen-bond donors (Lipinski definition) is 1. The highest BCUT2D eigenvalue weighted by atomic mass is 19.1. The van der Waals surface area contributed by atoms with Crippen LogP contribution in [0.15, 0.2) is 29.1 Å². The van der Waals surface area contributed by atoms with Gasteiger partial charge < -0.3 is 4.90 Å². The van der Waals surface area contributed by atoms with Gasteiger partial charge in [-0.1, -0.05) is 12.1 Å². The molecule has 1 saturated heterocycles. The third-order valence-electron chi connectivity index (χ3n) is 5.13. The minimum atomic E-state index is -0.205. The molecule has 1 aromatic carbocycles. The number of benzene rings is 1. The lowest BCUT2D eigenvalue weighted by Gasteiger charge is -2.19. The largest absolute Gasteiger partial charge is 0.342 e. The number of fused-ring (bicyclic) bond motifs is 1. The van der Waals surface area contributed by atoms with E-state index in [4.69, 9.17) is 4.98 Å². The zero-order valence-corrected chi connectivity index (χ0v) is 14.3. The summed E-state index contributed by atoms with van der Waals surface area (Å²) in [5.74, 6) is 0.517. The summed E-state index contributed by atoms with van der Waals surface area (Å²) in [5, 5.41) is 0. The number of nitrogens with one attached hydrogen (secondary N) is 1. The smallest absolute Gasteiger partial charge is 0.255 e. The van der Waals surface area contributed by atoms with Crippen molar-refractivity contribution in [2.45, 2.75) is 32.2 Å². The van der Waals surface area contributed by atoms with Crippen molar-refractivity contribution in [3.8, 4) is 0 Å². The van der Waals surface area contributed by atoms with Crippen molar-refractivity contribution in [1.29, 1.82) is 0 Å². The van der Waals surface area contributed by atoms with Gasteiger partial charge in [0.05, 0.1) is 5.69 Å². The van der Waals surface area contributed by atoms with Crippen LogP contribution in [-0.4, -0.2) is 41.0 Å². The Morgan fingerprint density at radius 2 is 1.92 bits per heavy atom. The summed E-state index contributed by atoms with van der Waals surface area (Å²) in [6.07, 6.45) is 3.76. The van der Waals surface area contributed by atoms with Gasteiger partial charge in [0.1, 0.15) is 5.82 Å². The first-order chi connectivity index (χ1) is 12.2. The van der Waals surface area contributed by atoms with Crippen LogP contribution in [0.25, 0.3) is 0 Å². The molecule has 2 aromatic rings. The molecule has 0 amide bonds. The molecule has 5 nitrogen and oxygen atoms in total. The molecular weight excluding hydrogens is 319 g/mol. The normalized spacial score (nSPS) is 18.2. The molecule has 1 N–H and O–H groups in total. The van der Waals surface area contributed by atoms with Crippen molar-refractivity contribution in [2.24, 2.45) is 0 Å². The molecule has 0 saturated carbocycles. The lowest BCUT2D eigenvalue weighted by molar-refractivity contribution is 0.278. The molecule has 2 aliphatic rings. The highest BCUT2D eigenvalue weighted by Crippen LogP contribution is 2.18. The van der Waals surface area contributed by atoms with E-state index in [1.165, 1.54) is 6.07 Å². The van der Waals surface area contributed by atoms with E-state index in [0.29, 0.717) is 13.0 Å². The Morgan fingerprint density at radius 3 is 2.72 bits per heavy atom. The number of H-pyrrole nitrogens is 1. The van der Waals surface area contributed by atoms with E-state index < -0.39 is 0 Å². The minimum Gasteiger partial charge on any atom is -0.342 e. The van der Waals surface area contributed by atoms with Gasteiger partial charge in [-0.3, -0.25) is 14.7 Å². The molecule has 1 fully saturated rings. The fraction of sp³-hybridized carbons (Fsp3) is 0.474. The van der Waals surface area contributed by atoms with Crippen molar-refractivity contribution in [3.63, 3.8) is 0 Å². The quantitative estimate of drug-likeness (QED) is 0.928. The molecule has 1 aromatic heterocycles. The van der Waals surface area contributed by atoms with Gasteiger partial charge in [0.15, 0.2) is 0 Å². The van der Waals surface area contributed by atoms with E-state index in [-0.39, 0.29) is 11.4 Å². The Kier molecular flexibility index (Phi) is 4.53. The number of rotatable bonds is 3. The van der Waals surface area contributed by atoms with Crippen molar-refractivity contribution in [2.75, 3.05) is 31.1 Å². The van der Waals surface area contributed by atoms with Crippen molar-refractivity contribution in [1.82, 2.24) is 14.9 Å². The molecule has 0 radical (unpaired) electrons. The molecule has 0 bridgehead atoms. The molecule has 0 spiro atoms. The summed E-state index contributed by atoms with van der Waals surface area (Å²) in [4.78, 5) is 24.7. The van der Waals surface area contributed by atoms with Crippen LogP contribution in [0.2, 0.25) is 0 Å². The first kappa shape index (κ1) is 16.3. The van der Waals surface area contributed by atoms with Gasteiger partial charge in [-0.25, -0.2) is 9.37 Å². The minimum absolute atomic E-state index is 0.000458. The van der Waals surface area contributed by atoms with E-state index in [2.05, 4.69) is 14.8 Å². The van der Waals surface area contributed by atoms with E-state index in [1.807, 2.05) is 6.07 Å². The van der Waals surface area contributed by atoms with Gasteiger partial charge in [0.2, 0.25) is 5.95 Å². The van der Waals surface area contributed by atoms with Gasteiger partial charge in [0.25, 0.3) is 5.56 Å². The predicted octanol–water partition coefficient (Wildman–Crippen LogP) is 2.11. The first-order valence-corrected chi connectivity index (χ1v) is 9.03. The predicted molar refractivity (Wildman–Crippen MR) is 95.4 cm³/mol. The molecule has 25 heavy (non-hydrogen) atoms. The molecule has 2 aliphatic heterocycles. The van der Waals surface area contributed by atoms with Crippen LogP contribution in [0.4, 0.5) is 10.3 Å². The van der Waals surface area contributed by atoms with Crippen LogP contribution in [0, 0.1) is 5.82 Å². The van der Waals surface area contributed by atoms with E-state index in [0.717, 1.165) is 68.2 Å². The fourth-order valence-corrected chi connectivity index (χ4v) is 3.77. The number of nitrogens with zero attached hydrogens (tertiary/aromatic N) is 3. The Balaban J connectivity index is 1.51.